The Hall–Kier alpha value is -3.52. The average Bonchev–Trinajstić information content (AvgIpc) is 3.30. The van der Waals surface area contributed by atoms with Gasteiger partial charge in [0, 0.05) is 22.7 Å². The van der Waals surface area contributed by atoms with Crippen molar-refractivity contribution in [1.29, 1.82) is 0 Å². The smallest absolute Gasteiger partial charge is 0.237 e. The van der Waals surface area contributed by atoms with E-state index in [0.717, 1.165) is 46.7 Å². The third kappa shape index (κ3) is 8.24. The summed E-state index contributed by atoms with van der Waals surface area (Å²) in [6.07, 6.45) is 5.66. The van der Waals surface area contributed by atoms with E-state index in [-0.39, 0.29) is 6.67 Å². The van der Waals surface area contributed by atoms with Gasteiger partial charge in [-0.25, -0.2) is 0 Å². The highest BCUT2D eigenvalue weighted by Crippen LogP contribution is 2.36. The quantitative estimate of drug-likeness (QED) is 0.172. The fourth-order valence-electron chi connectivity index (χ4n) is 4.02. The lowest BCUT2D eigenvalue weighted by Crippen LogP contribution is -2.01. The maximum atomic E-state index is 10.7. The molecule has 2 aromatic carbocycles. The van der Waals surface area contributed by atoms with Gasteiger partial charge < -0.3 is 14.0 Å². The maximum absolute atomic E-state index is 10.7. The molecule has 0 unspecified atom stereocenters. The highest BCUT2D eigenvalue weighted by atomic mass is 32.2. The molecule has 0 aliphatic rings. The lowest BCUT2D eigenvalue weighted by molar-refractivity contribution is 0.282. The van der Waals surface area contributed by atoms with Gasteiger partial charge in [0.05, 0.1) is 25.2 Å². The molecule has 0 saturated carbocycles. The number of hydrogen-bond donors (Lipinski definition) is 1. The second-order valence-electron chi connectivity index (χ2n) is 9.42. The second kappa shape index (κ2) is 15.9. The number of ether oxygens (including phenoxy) is 2. The fourth-order valence-corrected chi connectivity index (χ4v) is 4.84. The molecule has 0 spiro atoms. The second-order valence-corrected chi connectivity index (χ2v) is 10.3. The summed E-state index contributed by atoms with van der Waals surface area (Å²) in [6.45, 7) is 10.2. The Kier molecular flexibility index (Phi) is 12.3. The molecule has 8 heteroatoms. The van der Waals surface area contributed by atoms with Gasteiger partial charge in [-0.3, -0.25) is 14.1 Å². The van der Waals surface area contributed by atoms with Crippen LogP contribution < -0.4 is 14.2 Å². The number of nitrogens with zero attached hydrogens (tertiary/aromatic N) is 2. The fraction of sp³-hybridized carbons (Fsp3) is 0.375. The largest absolute Gasteiger partial charge is 0.491 e. The summed E-state index contributed by atoms with van der Waals surface area (Å²) in [6, 6.07) is 16.9. The molecular weight excluding hydrogens is 525 g/mol. The lowest BCUT2D eigenvalue weighted by Gasteiger charge is -2.16. The van der Waals surface area contributed by atoms with Crippen molar-refractivity contribution in [3.8, 4) is 22.6 Å². The van der Waals surface area contributed by atoms with Gasteiger partial charge in [-0.1, -0.05) is 61.8 Å². The van der Waals surface area contributed by atoms with Crippen molar-refractivity contribution in [1.82, 2.24) is 10.1 Å². The zero-order valence-electron chi connectivity index (χ0n) is 24.3. The number of aromatic nitrogens is 2. The molecule has 0 fully saturated rings. The van der Waals surface area contributed by atoms with Crippen LogP contribution >= 0.6 is 11.9 Å². The topological polar surface area (TPSA) is 69.4 Å². The van der Waals surface area contributed by atoms with Crippen LogP contribution in [0.2, 0.25) is 0 Å². The van der Waals surface area contributed by atoms with Crippen molar-refractivity contribution in [3.63, 3.8) is 0 Å². The number of halogens is 1. The molecule has 2 heterocycles. The number of aryl methyl sites for hydroxylation is 3. The molecule has 0 saturated heterocycles. The van der Waals surface area contributed by atoms with Gasteiger partial charge in [0.25, 0.3) is 0 Å². The number of unbranched alkanes of at least 4 members (excludes halogenated alkanes) is 1. The first-order valence-corrected chi connectivity index (χ1v) is 14.5. The van der Waals surface area contributed by atoms with Gasteiger partial charge in [-0.15, -0.1) is 0 Å². The molecule has 40 heavy (non-hydrogen) atoms. The Labute approximate surface area is 241 Å². The first-order valence-electron chi connectivity index (χ1n) is 13.7. The van der Waals surface area contributed by atoms with Gasteiger partial charge in [0.15, 0.2) is 11.5 Å². The Morgan fingerprint density at radius 1 is 0.975 bits per heavy atom. The van der Waals surface area contributed by atoms with E-state index in [1.807, 2.05) is 26.8 Å². The molecule has 2 aromatic heterocycles. The molecule has 0 amide bonds. The summed E-state index contributed by atoms with van der Waals surface area (Å²) in [5.74, 6) is 2.07. The van der Waals surface area contributed by atoms with Gasteiger partial charge in [0.2, 0.25) is 5.88 Å². The minimum absolute atomic E-state index is 0.181. The summed E-state index contributed by atoms with van der Waals surface area (Å²) in [5.41, 5.74) is 7.59. The Morgan fingerprint density at radius 3 is 2.42 bits per heavy atom. The zero-order valence-corrected chi connectivity index (χ0v) is 25.2. The van der Waals surface area contributed by atoms with Crippen LogP contribution in [0.1, 0.15) is 61.2 Å². The van der Waals surface area contributed by atoms with Crippen LogP contribution in [0.4, 0.5) is 10.3 Å². The highest BCUT2D eigenvalue weighted by Gasteiger charge is 2.14. The summed E-state index contributed by atoms with van der Waals surface area (Å²) < 4.78 is 31.1. The predicted molar refractivity (Wildman–Crippen MR) is 162 cm³/mol. The van der Waals surface area contributed by atoms with E-state index in [1.54, 1.807) is 32.2 Å². The Morgan fingerprint density at radius 2 is 1.75 bits per heavy atom. The molecule has 4 aromatic rings. The summed E-state index contributed by atoms with van der Waals surface area (Å²) in [4.78, 5) is 5.42. The number of anilines is 1. The van der Waals surface area contributed by atoms with Crippen LogP contribution in [0.25, 0.3) is 11.1 Å². The van der Waals surface area contributed by atoms with Gasteiger partial charge in [-0.05, 0) is 80.3 Å². The molecule has 0 bridgehead atoms. The number of hydrogen-bond acceptors (Lipinski definition) is 7. The number of methoxy groups -OCH3 is 1. The van der Waals surface area contributed by atoms with Gasteiger partial charge >= 0.3 is 0 Å². The third-order valence-electron chi connectivity index (χ3n) is 6.39. The summed E-state index contributed by atoms with van der Waals surface area (Å²) >= 11 is 1.54. The molecule has 6 nitrogen and oxygen atoms in total. The van der Waals surface area contributed by atoms with Crippen LogP contribution in [0.5, 0.6) is 11.5 Å². The van der Waals surface area contributed by atoms with Crippen molar-refractivity contribution in [2.75, 3.05) is 18.5 Å². The van der Waals surface area contributed by atoms with Crippen molar-refractivity contribution in [3.05, 3.63) is 82.8 Å². The standard InChI is InChI=1S/C29H33N3O3S.C3H7F/c1-6-7-10-23-17-22(18-34-26-15-16-30-21(4)28(26)33-5)13-14-24(23)25-11-8-9-12-27(25)36-32-29-19(2)20(3)31-35-29;1-2-3-4/h8-9,11-17,32H,6-7,10,18H2,1-5H3;2-3H2,1H3. The Bertz CT molecular complexity index is 1360. The van der Waals surface area contributed by atoms with Crippen LogP contribution in [0.15, 0.2) is 64.1 Å². The monoisotopic (exact) mass is 565 g/mol. The number of benzene rings is 2. The molecule has 4 rings (SSSR count). The average molecular weight is 566 g/mol. The summed E-state index contributed by atoms with van der Waals surface area (Å²) in [5, 5.41) is 4.05. The van der Waals surface area contributed by atoms with Gasteiger partial charge in [-0.2, -0.15) is 0 Å². The van der Waals surface area contributed by atoms with E-state index in [9.17, 15) is 4.39 Å². The van der Waals surface area contributed by atoms with Crippen molar-refractivity contribution in [2.24, 2.45) is 0 Å². The van der Waals surface area contributed by atoms with Crippen LogP contribution in [0.3, 0.4) is 0 Å². The van der Waals surface area contributed by atoms with Crippen molar-refractivity contribution in [2.45, 2.75) is 71.8 Å². The Balaban J connectivity index is 0.00000103. The van der Waals surface area contributed by atoms with E-state index in [0.29, 0.717) is 30.4 Å². The molecule has 1 N–H and O–H groups in total. The van der Waals surface area contributed by atoms with Gasteiger partial charge in [0.1, 0.15) is 6.61 Å². The van der Waals surface area contributed by atoms with E-state index >= 15 is 0 Å². The zero-order chi connectivity index (χ0) is 28.9. The van der Waals surface area contributed by atoms with Crippen LogP contribution in [-0.4, -0.2) is 23.9 Å². The highest BCUT2D eigenvalue weighted by molar-refractivity contribution is 8.00. The van der Waals surface area contributed by atoms with Crippen molar-refractivity contribution < 1.29 is 18.4 Å². The van der Waals surface area contributed by atoms with E-state index < -0.39 is 0 Å². The molecule has 0 atom stereocenters. The lowest BCUT2D eigenvalue weighted by atomic mass is 9.94. The first-order chi connectivity index (χ1) is 19.4. The third-order valence-corrected chi connectivity index (χ3v) is 7.25. The summed E-state index contributed by atoms with van der Waals surface area (Å²) in [7, 11) is 1.64. The van der Waals surface area contributed by atoms with Crippen molar-refractivity contribution >= 4 is 17.8 Å². The minimum atomic E-state index is -0.181. The molecular formula is C32H40FN3O3S. The SMILES string of the molecule is CCCCc1cc(COc2ccnc(C)c2OC)ccc1-c1ccccc1SNc1onc(C)c1C.CCCF. The minimum Gasteiger partial charge on any atom is -0.491 e. The molecule has 0 radical (unpaired) electrons. The first kappa shape index (κ1) is 31.0. The van der Waals surface area contributed by atoms with E-state index in [1.165, 1.54) is 16.7 Å². The van der Waals surface area contributed by atoms with Crippen LogP contribution in [0, 0.1) is 20.8 Å². The van der Waals surface area contributed by atoms with E-state index in [2.05, 4.69) is 64.3 Å². The number of pyridine rings is 1. The number of alkyl halides is 1. The molecule has 0 aliphatic heterocycles. The molecule has 0 aliphatic carbocycles. The maximum Gasteiger partial charge on any atom is 0.237 e. The van der Waals surface area contributed by atoms with E-state index in [4.69, 9.17) is 14.0 Å². The molecule has 214 valence electrons. The van der Waals surface area contributed by atoms with Crippen LogP contribution in [-0.2, 0) is 13.0 Å². The predicted octanol–water partition coefficient (Wildman–Crippen LogP) is 9.08. The number of nitrogens with one attached hydrogen (secondary N) is 1. The number of rotatable bonds is 12. The normalized spacial score (nSPS) is 10.6.